The third-order valence-electron chi connectivity index (χ3n) is 8.35. The molecule has 1 saturated carbocycles. The summed E-state index contributed by atoms with van der Waals surface area (Å²) in [4.78, 5) is 32.1. The molecule has 12 heteroatoms. The molecule has 0 N–H and O–H groups in total. The lowest BCUT2D eigenvalue weighted by Crippen LogP contribution is -2.46. The molecule has 0 spiro atoms. The van der Waals surface area contributed by atoms with Crippen molar-refractivity contribution in [2.45, 2.75) is 69.1 Å². The Morgan fingerprint density at radius 3 is 2.50 bits per heavy atom. The van der Waals surface area contributed by atoms with E-state index in [9.17, 15) is 14.0 Å². The summed E-state index contributed by atoms with van der Waals surface area (Å²) in [5.41, 5.74) is 2.12. The molecule has 2 aromatic heterocycles. The van der Waals surface area contributed by atoms with E-state index in [0.717, 1.165) is 31.7 Å². The van der Waals surface area contributed by atoms with Gasteiger partial charge in [0.05, 0.1) is 33.8 Å². The van der Waals surface area contributed by atoms with Crippen molar-refractivity contribution < 1.29 is 28.0 Å². The summed E-state index contributed by atoms with van der Waals surface area (Å²) in [5.74, 6) is -0.558. The van der Waals surface area contributed by atoms with Gasteiger partial charge in [-0.15, -0.1) is 0 Å². The Kier molecular flexibility index (Phi) is 7.11. The van der Waals surface area contributed by atoms with Crippen molar-refractivity contribution in [3.05, 3.63) is 63.1 Å². The summed E-state index contributed by atoms with van der Waals surface area (Å²) in [7, 11) is 1.27. The van der Waals surface area contributed by atoms with Crippen LogP contribution in [-0.4, -0.2) is 47.4 Å². The molecule has 1 aliphatic carbocycles. The molecule has 2 aromatic carbocycles. The molecule has 8 nitrogen and oxygen atoms in total. The Hall–Kier alpha value is -3.21. The molecule has 4 aromatic rings. The van der Waals surface area contributed by atoms with Crippen LogP contribution in [0.4, 0.5) is 9.52 Å². The first-order valence-electron chi connectivity index (χ1n) is 13.9. The van der Waals surface area contributed by atoms with E-state index >= 15 is 0 Å². The van der Waals surface area contributed by atoms with Gasteiger partial charge < -0.3 is 18.9 Å². The van der Waals surface area contributed by atoms with Crippen molar-refractivity contribution in [1.29, 1.82) is 0 Å². The number of carbonyl (C=O) groups is 2. The van der Waals surface area contributed by atoms with Crippen LogP contribution < -0.4 is 4.90 Å². The Morgan fingerprint density at radius 2 is 1.83 bits per heavy atom. The number of fused-ring (bicyclic) bond motifs is 3. The Labute approximate surface area is 254 Å². The molecule has 2 bridgehead atoms. The Bertz CT molecular complexity index is 1690. The quantitative estimate of drug-likeness (QED) is 0.196. The van der Waals surface area contributed by atoms with Gasteiger partial charge in [-0.3, -0.25) is 4.79 Å². The molecular weight excluding hydrogens is 604 g/mol. The summed E-state index contributed by atoms with van der Waals surface area (Å²) in [6, 6.07) is 8.23. The summed E-state index contributed by atoms with van der Waals surface area (Å²) in [6.45, 7) is 0. The largest absolute Gasteiger partial charge is 0.465 e. The zero-order chi connectivity index (χ0) is 29.1. The third-order valence-corrected chi connectivity index (χ3v) is 10.0. The number of methoxy groups -OCH3 is 1. The molecular formula is C30H26Cl2FN3O5S. The topological polar surface area (TPSA) is 94.8 Å². The number of halogens is 3. The van der Waals surface area contributed by atoms with Crippen molar-refractivity contribution in [3.8, 4) is 11.3 Å². The van der Waals surface area contributed by atoms with E-state index in [0.29, 0.717) is 55.3 Å². The molecule has 4 heterocycles. The number of hydrogen-bond acceptors (Lipinski definition) is 9. The second kappa shape index (κ2) is 10.8. The number of aromatic nitrogens is 2. The number of piperidine rings is 1. The predicted molar refractivity (Wildman–Crippen MR) is 157 cm³/mol. The number of esters is 2. The van der Waals surface area contributed by atoms with E-state index in [-0.39, 0.29) is 47.6 Å². The molecule has 3 aliphatic rings. The fourth-order valence-electron chi connectivity index (χ4n) is 6.31. The van der Waals surface area contributed by atoms with Gasteiger partial charge in [-0.1, -0.05) is 45.8 Å². The second-order valence-electron chi connectivity index (χ2n) is 11.1. The number of benzene rings is 2. The summed E-state index contributed by atoms with van der Waals surface area (Å²) < 4.78 is 31.9. The maximum Gasteiger partial charge on any atom is 0.338 e. The van der Waals surface area contributed by atoms with Crippen molar-refractivity contribution in [2.75, 3.05) is 12.0 Å². The summed E-state index contributed by atoms with van der Waals surface area (Å²) in [5, 5.41) is 5.86. The first kappa shape index (κ1) is 27.6. The molecule has 2 aliphatic heterocycles. The van der Waals surface area contributed by atoms with Crippen LogP contribution in [-0.2, 0) is 20.7 Å². The lowest BCUT2D eigenvalue weighted by atomic mass is 9.99. The lowest BCUT2D eigenvalue weighted by molar-refractivity contribution is -0.149. The molecule has 2 saturated heterocycles. The predicted octanol–water partition coefficient (Wildman–Crippen LogP) is 7.35. The van der Waals surface area contributed by atoms with Gasteiger partial charge in [-0.25, -0.2) is 14.2 Å². The number of rotatable bonds is 7. The lowest BCUT2D eigenvalue weighted by Gasteiger charge is -2.38. The standard InChI is InChI=1S/C30H26Cl2FN3O5S/c1-39-29(38)15-9-22(33)27-23(10-15)42-30(34-27)36-16-7-8-17(36)12-18(11-16)40-24(37)13-19-26(35-41-28(19)14-5-6-14)25-20(31)3-2-4-21(25)32/h2-4,9-10,14,16-18H,5-8,11-13H2,1H3/t16-,17+,18-. The highest BCUT2D eigenvalue weighted by atomic mass is 35.5. The first-order chi connectivity index (χ1) is 20.3. The normalized spacial score (nSPS) is 21.6. The van der Waals surface area contributed by atoms with Gasteiger partial charge in [0.25, 0.3) is 0 Å². The molecule has 0 unspecified atom stereocenters. The van der Waals surface area contributed by atoms with Gasteiger partial charge in [0, 0.05) is 42.0 Å². The molecule has 3 fully saturated rings. The van der Waals surface area contributed by atoms with Gasteiger partial charge in [-0.2, -0.15) is 0 Å². The number of nitrogens with zero attached hydrogens (tertiary/aromatic N) is 3. The SMILES string of the molecule is COC(=O)c1cc(F)c2nc(N3[C@@H]4CC[C@H]3C[C@H](OC(=O)Cc3c(-c5c(Cl)cccc5Cl)noc3C3CC3)C4)sc2c1. The van der Waals surface area contributed by atoms with Gasteiger partial charge >= 0.3 is 11.9 Å². The average Bonchev–Trinajstić information content (AvgIpc) is 3.49. The first-order valence-corrected chi connectivity index (χ1v) is 15.5. The maximum atomic E-state index is 14.8. The van der Waals surface area contributed by atoms with Gasteiger partial charge in [0.2, 0.25) is 0 Å². The van der Waals surface area contributed by atoms with Gasteiger partial charge in [0.15, 0.2) is 10.9 Å². The smallest absolute Gasteiger partial charge is 0.338 e. The number of anilines is 1. The zero-order valence-electron chi connectivity index (χ0n) is 22.6. The highest BCUT2D eigenvalue weighted by Gasteiger charge is 2.44. The minimum atomic E-state index is -0.592. The van der Waals surface area contributed by atoms with Crippen molar-refractivity contribution in [3.63, 3.8) is 0 Å². The number of thiazole rings is 1. The minimum Gasteiger partial charge on any atom is -0.465 e. The maximum absolute atomic E-state index is 14.8. The zero-order valence-corrected chi connectivity index (χ0v) is 24.9. The molecule has 0 radical (unpaired) electrons. The van der Waals surface area contributed by atoms with Crippen LogP contribution in [0.2, 0.25) is 10.0 Å². The average molecular weight is 631 g/mol. The van der Waals surface area contributed by atoms with Crippen LogP contribution in [0.25, 0.3) is 21.5 Å². The van der Waals surface area contributed by atoms with E-state index in [1.54, 1.807) is 24.3 Å². The summed E-state index contributed by atoms with van der Waals surface area (Å²) in [6.07, 6.45) is 4.88. The van der Waals surface area contributed by atoms with Crippen molar-refractivity contribution in [2.24, 2.45) is 0 Å². The van der Waals surface area contributed by atoms with Crippen LogP contribution in [0.3, 0.4) is 0 Å². The number of carbonyl (C=O) groups excluding carboxylic acids is 2. The van der Waals surface area contributed by atoms with Crippen LogP contribution in [0.1, 0.15) is 66.1 Å². The van der Waals surface area contributed by atoms with E-state index in [2.05, 4.69) is 15.0 Å². The minimum absolute atomic E-state index is 0.0153. The molecule has 0 amide bonds. The highest BCUT2D eigenvalue weighted by molar-refractivity contribution is 7.22. The fraction of sp³-hybridized carbons (Fsp3) is 0.400. The Balaban J connectivity index is 1.08. The third kappa shape index (κ3) is 4.93. The van der Waals surface area contributed by atoms with Gasteiger partial charge in [-0.05, 0) is 49.9 Å². The van der Waals surface area contributed by atoms with Crippen molar-refractivity contribution in [1.82, 2.24) is 10.1 Å². The van der Waals surface area contributed by atoms with Crippen LogP contribution in [0, 0.1) is 5.82 Å². The second-order valence-corrected chi connectivity index (χ2v) is 12.9. The highest BCUT2D eigenvalue weighted by Crippen LogP contribution is 2.47. The van der Waals surface area contributed by atoms with E-state index < -0.39 is 11.8 Å². The molecule has 7 rings (SSSR count). The van der Waals surface area contributed by atoms with Gasteiger partial charge in [0.1, 0.15) is 23.1 Å². The van der Waals surface area contributed by atoms with Crippen molar-refractivity contribution >= 4 is 61.8 Å². The monoisotopic (exact) mass is 629 g/mol. The van der Waals surface area contributed by atoms with E-state index in [1.807, 2.05) is 0 Å². The number of ether oxygens (including phenoxy) is 2. The Morgan fingerprint density at radius 1 is 1.12 bits per heavy atom. The molecule has 42 heavy (non-hydrogen) atoms. The van der Waals surface area contributed by atoms with Crippen LogP contribution >= 0.6 is 34.5 Å². The van der Waals surface area contributed by atoms with E-state index in [1.165, 1.54) is 18.4 Å². The van der Waals surface area contributed by atoms with Crippen LogP contribution in [0.15, 0.2) is 34.9 Å². The van der Waals surface area contributed by atoms with E-state index in [4.69, 9.17) is 37.2 Å². The number of hydrogen-bond donors (Lipinski definition) is 0. The van der Waals surface area contributed by atoms with Crippen LogP contribution in [0.5, 0.6) is 0 Å². The fourth-order valence-corrected chi connectivity index (χ4v) is 8.05. The molecule has 218 valence electrons. The summed E-state index contributed by atoms with van der Waals surface area (Å²) >= 11 is 14.3. The molecule has 3 atom stereocenters.